The van der Waals surface area contributed by atoms with Crippen molar-refractivity contribution in [1.29, 1.82) is 10.5 Å². The van der Waals surface area contributed by atoms with Gasteiger partial charge in [0, 0.05) is 50.9 Å². The lowest BCUT2D eigenvalue weighted by Crippen LogP contribution is -2.20. The van der Waals surface area contributed by atoms with E-state index in [9.17, 15) is 8.42 Å². The van der Waals surface area contributed by atoms with Crippen molar-refractivity contribution in [3.63, 3.8) is 0 Å². The summed E-state index contributed by atoms with van der Waals surface area (Å²) >= 11 is 0. The molecular formula is C37H54N6O2S. The van der Waals surface area contributed by atoms with E-state index in [-0.39, 0.29) is 7.75 Å². The lowest BCUT2D eigenvalue weighted by Gasteiger charge is -2.07. The van der Waals surface area contributed by atoms with Gasteiger partial charge in [0.05, 0.1) is 34.6 Å². The summed E-state index contributed by atoms with van der Waals surface area (Å²) in [5.41, 5.74) is 16.1. The molecule has 0 aliphatic carbocycles. The summed E-state index contributed by atoms with van der Waals surface area (Å²) < 4.78 is 29.4. The maximum atomic E-state index is 13.0. The molecule has 2 unspecified atom stereocenters. The van der Waals surface area contributed by atoms with Gasteiger partial charge in [0.1, 0.15) is 0 Å². The van der Waals surface area contributed by atoms with Crippen molar-refractivity contribution in [3.8, 4) is 12.1 Å². The van der Waals surface area contributed by atoms with Crippen LogP contribution in [0.2, 0.25) is 0 Å². The Hall–Kier alpha value is -4.41. The number of hydrogen-bond acceptors (Lipinski definition) is 6. The van der Waals surface area contributed by atoms with E-state index in [0.29, 0.717) is 18.4 Å². The Bertz CT molecular complexity index is 1840. The van der Waals surface area contributed by atoms with Crippen LogP contribution in [0.4, 0.5) is 0 Å². The fraction of sp³-hybridized carbons (Fsp3) is 0.351. The molecule has 0 spiro atoms. The molecule has 0 fully saturated rings. The van der Waals surface area contributed by atoms with Crippen LogP contribution in [-0.4, -0.2) is 29.0 Å². The normalized spacial score (nSPS) is 11.5. The smallest absolute Gasteiger partial charge is 0.268 e. The Morgan fingerprint density at radius 2 is 1.15 bits per heavy atom. The number of benzene rings is 3. The fourth-order valence-electron chi connectivity index (χ4n) is 4.72. The van der Waals surface area contributed by atoms with Gasteiger partial charge in [0.2, 0.25) is 0 Å². The molecule has 0 saturated heterocycles. The van der Waals surface area contributed by atoms with Crippen LogP contribution < -0.4 is 11.5 Å². The first-order valence-electron chi connectivity index (χ1n) is 16.0. The summed E-state index contributed by atoms with van der Waals surface area (Å²) in [6, 6.07) is 25.1. The van der Waals surface area contributed by atoms with E-state index < -0.39 is 22.1 Å². The minimum Gasteiger partial charge on any atom is -0.347 e. The van der Waals surface area contributed by atoms with E-state index in [1.165, 1.54) is 14.9 Å². The second-order valence-corrected chi connectivity index (χ2v) is 11.4. The largest absolute Gasteiger partial charge is 0.347 e. The summed E-state index contributed by atoms with van der Waals surface area (Å²) in [4.78, 5) is 0.227. The highest BCUT2D eigenvalue weighted by Gasteiger charge is 2.21. The zero-order chi connectivity index (χ0) is 34.9. The van der Waals surface area contributed by atoms with Gasteiger partial charge in [-0.05, 0) is 49.2 Å². The number of hydrogen-bond donors (Lipinski definition) is 2. The lowest BCUT2D eigenvalue weighted by atomic mass is 10.1. The molecule has 4 N–H and O–H groups in total. The van der Waals surface area contributed by atoms with Crippen LogP contribution in [-0.2, 0) is 29.4 Å². The Morgan fingerprint density at radius 3 is 1.63 bits per heavy atom. The number of aromatic nitrogens is 2. The van der Waals surface area contributed by atoms with Crippen molar-refractivity contribution in [1.82, 2.24) is 8.54 Å². The minimum absolute atomic E-state index is 0. The molecule has 0 amide bonds. The molecule has 2 aromatic heterocycles. The van der Waals surface area contributed by atoms with Crippen LogP contribution >= 0.6 is 0 Å². The SMILES string of the molecule is CC.CC.CC.CCn1cc(CC(N)C#N)c2ccccc21.Cc1ccc(S(=O)(=O)n2cc(CC(N)C#N)c3ccccc32)cc1.[HH].[HH]. The predicted octanol–water partition coefficient (Wildman–Crippen LogP) is 8.21. The highest BCUT2D eigenvalue weighted by Crippen LogP contribution is 2.27. The first-order chi connectivity index (χ1) is 22.2. The third-order valence-electron chi connectivity index (χ3n) is 6.76. The van der Waals surface area contributed by atoms with Gasteiger partial charge >= 0.3 is 0 Å². The van der Waals surface area contributed by atoms with E-state index in [1.807, 2.05) is 78.8 Å². The molecule has 5 aromatic rings. The summed E-state index contributed by atoms with van der Waals surface area (Å²) in [6.07, 6.45) is 4.58. The molecule has 2 heterocycles. The van der Waals surface area contributed by atoms with E-state index in [4.69, 9.17) is 22.0 Å². The number of fused-ring (bicyclic) bond motifs is 2. The summed E-state index contributed by atoms with van der Waals surface area (Å²) in [7, 11) is -3.71. The monoisotopic (exact) mass is 646 g/mol. The molecule has 250 valence electrons. The van der Waals surface area contributed by atoms with Crippen molar-refractivity contribution in [2.45, 2.75) is 91.8 Å². The molecule has 46 heavy (non-hydrogen) atoms. The summed E-state index contributed by atoms with van der Waals surface area (Å²) in [5.74, 6) is 0. The molecule has 0 aliphatic rings. The Labute approximate surface area is 278 Å². The van der Waals surface area contributed by atoms with Gasteiger partial charge in [-0.3, -0.25) is 0 Å². The highest BCUT2D eigenvalue weighted by molar-refractivity contribution is 7.90. The molecule has 8 nitrogen and oxygen atoms in total. The van der Waals surface area contributed by atoms with E-state index in [1.54, 1.807) is 42.6 Å². The number of nitriles is 2. The molecule has 5 rings (SSSR count). The second-order valence-electron chi connectivity index (χ2n) is 9.62. The van der Waals surface area contributed by atoms with Gasteiger partial charge < -0.3 is 16.0 Å². The third-order valence-corrected chi connectivity index (χ3v) is 8.45. The van der Waals surface area contributed by atoms with Gasteiger partial charge in [0.25, 0.3) is 10.0 Å². The summed E-state index contributed by atoms with van der Waals surface area (Å²) in [5, 5.41) is 19.7. The van der Waals surface area contributed by atoms with Crippen molar-refractivity contribution in [3.05, 3.63) is 102 Å². The third kappa shape index (κ3) is 9.79. The van der Waals surface area contributed by atoms with Crippen LogP contribution in [0.3, 0.4) is 0 Å². The topological polar surface area (TPSA) is 144 Å². The Kier molecular flexibility index (Phi) is 17.1. The molecule has 0 saturated carbocycles. The van der Waals surface area contributed by atoms with E-state index >= 15 is 0 Å². The van der Waals surface area contributed by atoms with Crippen molar-refractivity contribution < 1.29 is 11.3 Å². The maximum Gasteiger partial charge on any atom is 0.268 e. The standard InChI is InChI=1S/C18H17N3O2S.C13H15N3.3C2H6.2H2/c1-13-6-8-16(9-7-13)24(22,23)21-12-14(10-15(20)11-19)17-4-2-3-5-18(17)21;1-2-16-9-10(7-11(15)8-14)12-5-3-4-6-13(12)16;3*1-2;;/h2-9,12,15H,10,20H2,1H3;3-6,9,11H,2,7,15H2,1H3;3*1-2H3;2*1H. The van der Waals surface area contributed by atoms with Gasteiger partial charge in [-0.15, -0.1) is 0 Å². The lowest BCUT2D eigenvalue weighted by molar-refractivity contribution is 0.589. The van der Waals surface area contributed by atoms with Crippen LogP contribution in [0.15, 0.2) is 90.1 Å². The second kappa shape index (κ2) is 19.9. The average Bonchev–Trinajstić information content (AvgIpc) is 3.66. The number of para-hydroxylation sites is 2. The molecule has 9 heteroatoms. The van der Waals surface area contributed by atoms with E-state index in [0.717, 1.165) is 28.6 Å². The molecular weight excluding hydrogens is 593 g/mol. The maximum absolute atomic E-state index is 13.0. The quantitative estimate of drug-likeness (QED) is 0.182. The zero-order valence-corrected chi connectivity index (χ0v) is 29.3. The van der Waals surface area contributed by atoms with Crippen molar-refractivity contribution in [2.75, 3.05) is 0 Å². The van der Waals surface area contributed by atoms with E-state index in [2.05, 4.69) is 35.9 Å². The molecule has 0 radical (unpaired) electrons. The molecule has 0 aliphatic heterocycles. The van der Waals surface area contributed by atoms with Crippen LogP contribution in [0.25, 0.3) is 21.8 Å². The fourth-order valence-corrected chi connectivity index (χ4v) is 6.11. The van der Waals surface area contributed by atoms with Gasteiger partial charge in [-0.2, -0.15) is 10.5 Å². The van der Waals surface area contributed by atoms with Crippen LogP contribution in [0.5, 0.6) is 0 Å². The summed E-state index contributed by atoms with van der Waals surface area (Å²) in [6.45, 7) is 16.9. The van der Waals surface area contributed by atoms with Crippen molar-refractivity contribution in [2.24, 2.45) is 11.5 Å². The number of rotatable bonds is 7. The molecule has 3 aromatic carbocycles. The van der Waals surface area contributed by atoms with Crippen LogP contribution in [0.1, 0.15) is 68.0 Å². The first-order valence-corrected chi connectivity index (χ1v) is 17.4. The Morgan fingerprint density at radius 1 is 0.717 bits per heavy atom. The number of nitrogens with zero attached hydrogens (tertiary/aromatic N) is 4. The van der Waals surface area contributed by atoms with Gasteiger partial charge in [-0.1, -0.05) is 95.6 Å². The Balaban J connectivity index is 0. The first kappa shape index (κ1) is 39.6. The van der Waals surface area contributed by atoms with Crippen molar-refractivity contribution >= 4 is 31.8 Å². The zero-order valence-electron chi connectivity index (χ0n) is 28.5. The van der Waals surface area contributed by atoms with Gasteiger partial charge in [0.15, 0.2) is 0 Å². The number of nitrogens with two attached hydrogens (primary N) is 2. The average molecular weight is 647 g/mol. The highest BCUT2D eigenvalue weighted by atomic mass is 32.2. The van der Waals surface area contributed by atoms with Crippen LogP contribution in [0, 0.1) is 29.6 Å². The predicted molar refractivity (Wildman–Crippen MR) is 196 cm³/mol. The van der Waals surface area contributed by atoms with Gasteiger partial charge in [-0.25, -0.2) is 12.4 Å². The number of aryl methyl sites for hydroxylation is 2. The molecule has 2 atom stereocenters. The minimum atomic E-state index is -3.71. The molecule has 0 bridgehead atoms.